The summed E-state index contributed by atoms with van der Waals surface area (Å²) in [5.74, 6) is 0.0112. The lowest BCUT2D eigenvalue weighted by molar-refractivity contribution is -0.117. The van der Waals surface area contributed by atoms with Crippen molar-refractivity contribution in [3.63, 3.8) is 0 Å². The van der Waals surface area contributed by atoms with Gasteiger partial charge in [0.25, 0.3) is 0 Å². The first-order chi connectivity index (χ1) is 14.9. The van der Waals surface area contributed by atoms with Crippen molar-refractivity contribution in [2.45, 2.75) is 39.0 Å². The summed E-state index contributed by atoms with van der Waals surface area (Å²) < 4.78 is 35.1. The summed E-state index contributed by atoms with van der Waals surface area (Å²) in [5.41, 5.74) is 1.67. The number of hydrogen-bond acceptors (Lipinski definition) is 5. The molecule has 9 heteroatoms. The monoisotopic (exact) mass is 449 g/mol. The minimum atomic E-state index is -2.94. The first-order valence-corrected chi connectivity index (χ1v) is 10.2. The maximum absolute atomic E-state index is 12.6. The molecule has 0 spiro atoms. The van der Waals surface area contributed by atoms with Crippen molar-refractivity contribution in [1.82, 2.24) is 4.90 Å². The SMILES string of the molecule is CCOc1cc(CN(CC(=O)Nc2ccc(C#N)c(Cl)c2)C2CC2)ccc1OC(F)F. The molecule has 2 aromatic rings. The first kappa shape index (κ1) is 22.8. The maximum atomic E-state index is 12.6. The van der Waals surface area contributed by atoms with Crippen molar-refractivity contribution in [3.05, 3.63) is 52.5 Å². The van der Waals surface area contributed by atoms with E-state index in [2.05, 4.69) is 10.1 Å². The van der Waals surface area contributed by atoms with E-state index in [-0.39, 0.29) is 35.0 Å². The van der Waals surface area contributed by atoms with Gasteiger partial charge in [-0.3, -0.25) is 9.69 Å². The molecule has 0 bridgehead atoms. The maximum Gasteiger partial charge on any atom is 0.387 e. The number of nitrogens with one attached hydrogen (secondary N) is 1. The summed E-state index contributed by atoms with van der Waals surface area (Å²) in [7, 11) is 0. The zero-order chi connectivity index (χ0) is 22.4. The Morgan fingerprint density at radius 3 is 2.68 bits per heavy atom. The first-order valence-electron chi connectivity index (χ1n) is 9.83. The van der Waals surface area contributed by atoms with Gasteiger partial charge in [-0.2, -0.15) is 14.0 Å². The Hall–Kier alpha value is -2.89. The number of hydrogen-bond donors (Lipinski definition) is 1. The number of anilines is 1. The predicted octanol–water partition coefficient (Wildman–Crippen LogP) is 4.81. The molecule has 164 valence electrons. The molecule has 0 heterocycles. The van der Waals surface area contributed by atoms with Crippen molar-refractivity contribution < 1.29 is 23.0 Å². The largest absolute Gasteiger partial charge is 0.490 e. The highest BCUT2D eigenvalue weighted by Crippen LogP contribution is 2.33. The highest BCUT2D eigenvalue weighted by Gasteiger charge is 2.30. The molecule has 0 saturated heterocycles. The molecule has 31 heavy (non-hydrogen) atoms. The number of amides is 1. The van der Waals surface area contributed by atoms with E-state index >= 15 is 0 Å². The van der Waals surface area contributed by atoms with E-state index < -0.39 is 6.61 Å². The number of rotatable bonds is 10. The van der Waals surface area contributed by atoms with Gasteiger partial charge in [-0.25, -0.2) is 0 Å². The van der Waals surface area contributed by atoms with E-state index in [4.69, 9.17) is 21.6 Å². The van der Waals surface area contributed by atoms with Crippen LogP contribution in [0.3, 0.4) is 0 Å². The van der Waals surface area contributed by atoms with Gasteiger partial charge in [-0.15, -0.1) is 0 Å². The van der Waals surface area contributed by atoms with Crippen LogP contribution in [0.1, 0.15) is 30.9 Å². The molecular weight excluding hydrogens is 428 g/mol. The van der Waals surface area contributed by atoms with Crippen LogP contribution in [-0.4, -0.2) is 36.6 Å². The van der Waals surface area contributed by atoms with Crippen LogP contribution in [0.15, 0.2) is 36.4 Å². The van der Waals surface area contributed by atoms with Crippen molar-refractivity contribution in [1.29, 1.82) is 5.26 Å². The van der Waals surface area contributed by atoms with Crippen LogP contribution in [-0.2, 0) is 11.3 Å². The van der Waals surface area contributed by atoms with Gasteiger partial charge in [-0.05, 0) is 55.7 Å². The van der Waals surface area contributed by atoms with E-state index in [9.17, 15) is 13.6 Å². The Balaban J connectivity index is 1.67. The summed E-state index contributed by atoms with van der Waals surface area (Å²) in [6.45, 7) is -0.254. The Kier molecular flexibility index (Phi) is 7.66. The number of carbonyl (C=O) groups is 1. The Labute approximate surface area is 184 Å². The van der Waals surface area contributed by atoms with Gasteiger partial charge in [0.05, 0.1) is 23.7 Å². The third kappa shape index (κ3) is 6.54. The quantitative estimate of drug-likeness (QED) is 0.563. The zero-order valence-electron chi connectivity index (χ0n) is 16.9. The smallest absolute Gasteiger partial charge is 0.387 e. The van der Waals surface area contributed by atoms with Gasteiger partial charge in [0.1, 0.15) is 6.07 Å². The number of halogens is 3. The van der Waals surface area contributed by atoms with Gasteiger partial charge in [0.15, 0.2) is 11.5 Å². The van der Waals surface area contributed by atoms with Crippen molar-refractivity contribution >= 4 is 23.2 Å². The lowest BCUT2D eigenvalue weighted by Crippen LogP contribution is -2.34. The van der Waals surface area contributed by atoms with Gasteiger partial charge >= 0.3 is 6.61 Å². The highest BCUT2D eigenvalue weighted by molar-refractivity contribution is 6.32. The van der Waals surface area contributed by atoms with E-state index in [1.807, 2.05) is 11.0 Å². The van der Waals surface area contributed by atoms with Crippen molar-refractivity contribution in [2.24, 2.45) is 0 Å². The molecule has 1 amide bonds. The lowest BCUT2D eigenvalue weighted by atomic mass is 10.1. The number of nitriles is 1. The summed E-state index contributed by atoms with van der Waals surface area (Å²) in [5, 5.41) is 12.0. The molecule has 1 fully saturated rings. The fourth-order valence-corrected chi connectivity index (χ4v) is 3.39. The van der Waals surface area contributed by atoms with Crippen LogP contribution >= 0.6 is 11.6 Å². The molecule has 6 nitrogen and oxygen atoms in total. The number of ether oxygens (including phenoxy) is 2. The summed E-state index contributed by atoms with van der Waals surface area (Å²) in [6.07, 6.45) is 1.97. The average molecular weight is 450 g/mol. The number of carbonyl (C=O) groups excluding carboxylic acids is 1. The molecule has 0 aliphatic heterocycles. The second kappa shape index (κ2) is 10.4. The van der Waals surface area contributed by atoms with Gasteiger partial charge in [-0.1, -0.05) is 17.7 Å². The molecule has 1 aliphatic rings. The van der Waals surface area contributed by atoms with Gasteiger partial charge in [0.2, 0.25) is 5.91 Å². The van der Waals surface area contributed by atoms with Crippen LogP contribution in [0.4, 0.5) is 14.5 Å². The van der Waals surface area contributed by atoms with E-state index in [1.165, 1.54) is 12.1 Å². The lowest BCUT2D eigenvalue weighted by Gasteiger charge is -2.22. The normalized spacial score (nSPS) is 13.2. The van der Waals surface area contributed by atoms with E-state index in [0.717, 1.165) is 18.4 Å². The van der Waals surface area contributed by atoms with Crippen molar-refractivity contribution in [2.75, 3.05) is 18.5 Å². The molecule has 1 N–H and O–H groups in total. The molecule has 0 radical (unpaired) electrons. The molecule has 1 aliphatic carbocycles. The molecule has 3 rings (SSSR count). The molecule has 2 aromatic carbocycles. The number of nitrogens with zero attached hydrogens (tertiary/aromatic N) is 2. The molecule has 0 unspecified atom stereocenters. The second-order valence-corrected chi connectivity index (χ2v) is 7.49. The van der Waals surface area contributed by atoms with Crippen LogP contribution in [0.2, 0.25) is 5.02 Å². The fraction of sp³-hybridized carbons (Fsp3) is 0.364. The topological polar surface area (TPSA) is 74.6 Å². The Morgan fingerprint density at radius 1 is 1.29 bits per heavy atom. The third-order valence-electron chi connectivity index (χ3n) is 4.69. The van der Waals surface area contributed by atoms with Crippen molar-refractivity contribution in [3.8, 4) is 17.6 Å². The van der Waals surface area contributed by atoms with Crippen LogP contribution in [0.25, 0.3) is 0 Å². The van der Waals surface area contributed by atoms with E-state index in [0.29, 0.717) is 24.4 Å². The average Bonchev–Trinajstić information content (AvgIpc) is 3.55. The minimum Gasteiger partial charge on any atom is -0.490 e. The summed E-state index contributed by atoms with van der Waals surface area (Å²) in [4.78, 5) is 14.6. The standard InChI is InChI=1S/C22H22ClF2N3O3/c1-2-30-20-9-14(3-8-19(20)31-22(24)25)12-28(17-6-7-17)13-21(29)27-16-5-4-15(11-26)18(23)10-16/h3-5,8-10,17,22H,2,6-7,12-13H2,1H3,(H,27,29). The summed E-state index contributed by atoms with van der Waals surface area (Å²) >= 11 is 6.02. The fourth-order valence-electron chi connectivity index (χ4n) is 3.17. The predicted molar refractivity (Wildman–Crippen MR) is 112 cm³/mol. The highest BCUT2D eigenvalue weighted by atomic mass is 35.5. The molecular formula is C22H22ClF2N3O3. The van der Waals surface area contributed by atoms with Crippen LogP contribution < -0.4 is 14.8 Å². The Bertz CT molecular complexity index is 977. The third-order valence-corrected chi connectivity index (χ3v) is 5.01. The van der Waals surface area contributed by atoms with Gasteiger partial charge < -0.3 is 14.8 Å². The zero-order valence-corrected chi connectivity index (χ0v) is 17.7. The van der Waals surface area contributed by atoms with E-state index in [1.54, 1.807) is 31.2 Å². The Morgan fingerprint density at radius 2 is 2.06 bits per heavy atom. The number of benzene rings is 2. The molecule has 1 saturated carbocycles. The summed E-state index contributed by atoms with van der Waals surface area (Å²) in [6, 6.07) is 11.8. The van der Waals surface area contributed by atoms with Gasteiger partial charge in [0, 0.05) is 18.3 Å². The number of alkyl halides is 2. The second-order valence-electron chi connectivity index (χ2n) is 7.08. The molecule has 0 aromatic heterocycles. The van der Waals surface area contributed by atoms with Crippen LogP contribution in [0, 0.1) is 11.3 Å². The molecule has 0 atom stereocenters. The minimum absolute atomic E-state index is 0.0194. The van der Waals surface area contributed by atoms with Crippen LogP contribution in [0.5, 0.6) is 11.5 Å².